The topological polar surface area (TPSA) is 46.3 Å². The number of hydrogen-bond donors (Lipinski definition) is 1. The van der Waals surface area contributed by atoms with Gasteiger partial charge in [0.15, 0.2) is 0 Å². The predicted molar refractivity (Wildman–Crippen MR) is 60.2 cm³/mol. The van der Waals surface area contributed by atoms with Crippen molar-refractivity contribution in [2.24, 2.45) is 5.73 Å². The van der Waals surface area contributed by atoms with Crippen LogP contribution in [-0.2, 0) is 0 Å². The van der Waals surface area contributed by atoms with Gasteiger partial charge < -0.3 is 10.6 Å². The summed E-state index contributed by atoms with van der Waals surface area (Å²) in [5.41, 5.74) is 5.28. The first-order valence-electron chi connectivity index (χ1n) is 5.76. The molecule has 0 aromatic carbocycles. The SMILES string of the molecule is CCCCCCN(CCCC)C(N)=O. The van der Waals surface area contributed by atoms with E-state index in [1.165, 1.54) is 19.3 Å². The van der Waals surface area contributed by atoms with Crippen molar-refractivity contribution in [3.8, 4) is 0 Å². The van der Waals surface area contributed by atoms with Crippen molar-refractivity contribution in [3.63, 3.8) is 0 Å². The highest BCUT2D eigenvalue weighted by molar-refractivity contribution is 5.71. The fourth-order valence-corrected chi connectivity index (χ4v) is 1.41. The molecule has 3 heteroatoms. The van der Waals surface area contributed by atoms with E-state index < -0.39 is 0 Å². The van der Waals surface area contributed by atoms with Gasteiger partial charge in [-0.3, -0.25) is 0 Å². The van der Waals surface area contributed by atoms with Crippen molar-refractivity contribution in [2.75, 3.05) is 13.1 Å². The van der Waals surface area contributed by atoms with Gasteiger partial charge in [0.05, 0.1) is 0 Å². The zero-order chi connectivity index (χ0) is 10.8. The van der Waals surface area contributed by atoms with Crippen molar-refractivity contribution in [2.45, 2.75) is 52.4 Å². The molecular formula is C11H24N2O. The first-order chi connectivity index (χ1) is 6.72. The Morgan fingerprint density at radius 1 is 1.00 bits per heavy atom. The lowest BCUT2D eigenvalue weighted by Crippen LogP contribution is -2.37. The second-order valence-corrected chi connectivity index (χ2v) is 3.74. The highest BCUT2D eigenvalue weighted by Gasteiger charge is 2.07. The van der Waals surface area contributed by atoms with Crippen LogP contribution in [0.3, 0.4) is 0 Å². The van der Waals surface area contributed by atoms with Crippen molar-refractivity contribution in [3.05, 3.63) is 0 Å². The Bertz CT molecular complexity index is 148. The summed E-state index contributed by atoms with van der Waals surface area (Å²) in [6.07, 6.45) is 6.92. The number of amides is 2. The van der Waals surface area contributed by atoms with Gasteiger partial charge in [0.25, 0.3) is 0 Å². The summed E-state index contributed by atoms with van der Waals surface area (Å²) in [5.74, 6) is 0. The predicted octanol–water partition coefficient (Wildman–Crippen LogP) is 2.75. The molecule has 0 aliphatic rings. The van der Waals surface area contributed by atoms with Crippen molar-refractivity contribution < 1.29 is 4.79 Å². The van der Waals surface area contributed by atoms with E-state index in [2.05, 4.69) is 13.8 Å². The number of rotatable bonds is 8. The first-order valence-corrected chi connectivity index (χ1v) is 5.76. The number of primary amides is 1. The summed E-state index contributed by atoms with van der Waals surface area (Å²) in [6.45, 7) is 5.95. The summed E-state index contributed by atoms with van der Waals surface area (Å²) in [6, 6.07) is -0.269. The summed E-state index contributed by atoms with van der Waals surface area (Å²) < 4.78 is 0. The molecule has 0 aliphatic carbocycles. The molecular weight excluding hydrogens is 176 g/mol. The third-order valence-electron chi connectivity index (χ3n) is 2.37. The Labute approximate surface area is 87.6 Å². The van der Waals surface area contributed by atoms with Gasteiger partial charge >= 0.3 is 6.03 Å². The van der Waals surface area contributed by atoms with Gasteiger partial charge in [0.2, 0.25) is 0 Å². The second kappa shape index (κ2) is 8.85. The minimum Gasteiger partial charge on any atom is -0.351 e. The van der Waals surface area contributed by atoms with Crippen LogP contribution in [0.1, 0.15) is 52.4 Å². The quantitative estimate of drug-likeness (QED) is 0.602. The number of nitrogens with zero attached hydrogens (tertiary/aromatic N) is 1. The van der Waals surface area contributed by atoms with Crippen LogP contribution < -0.4 is 5.73 Å². The number of hydrogen-bond acceptors (Lipinski definition) is 1. The van der Waals surface area contributed by atoms with Crippen molar-refractivity contribution >= 4 is 6.03 Å². The highest BCUT2D eigenvalue weighted by Crippen LogP contribution is 2.02. The lowest BCUT2D eigenvalue weighted by Gasteiger charge is -2.19. The lowest BCUT2D eigenvalue weighted by molar-refractivity contribution is 0.205. The molecule has 0 unspecified atom stereocenters. The molecule has 14 heavy (non-hydrogen) atoms. The second-order valence-electron chi connectivity index (χ2n) is 3.74. The lowest BCUT2D eigenvalue weighted by atomic mass is 10.2. The van der Waals surface area contributed by atoms with E-state index in [1.54, 1.807) is 4.90 Å². The summed E-state index contributed by atoms with van der Waals surface area (Å²) in [4.78, 5) is 12.8. The molecule has 84 valence electrons. The van der Waals surface area contributed by atoms with Crippen LogP contribution in [0.4, 0.5) is 4.79 Å². The monoisotopic (exact) mass is 200 g/mol. The molecule has 0 aromatic rings. The Hall–Kier alpha value is -0.730. The maximum atomic E-state index is 11.0. The molecule has 0 aromatic heterocycles. The van der Waals surface area contributed by atoms with Crippen LogP contribution in [-0.4, -0.2) is 24.0 Å². The minimum atomic E-state index is -0.269. The van der Waals surface area contributed by atoms with Crippen LogP contribution in [0.5, 0.6) is 0 Å². The van der Waals surface area contributed by atoms with Gasteiger partial charge in [0.1, 0.15) is 0 Å². The fourth-order valence-electron chi connectivity index (χ4n) is 1.41. The van der Waals surface area contributed by atoms with Gasteiger partial charge in [-0.25, -0.2) is 4.79 Å². The number of carbonyl (C=O) groups is 1. The van der Waals surface area contributed by atoms with Crippen molar-refractivity contribution in [1.29, 1.82) is 0 Å². The maximum Gasteiger partial charge on any atom is 0.314 e. The Morgan fingerprint density at radius 2 is 1.57 bits per heavy atom. The van der Waals surface area contributed by atoms with Crippen LogP contribution >= 0.6 is 0 Å². The molecule has 0 saturated heterocycles. The summed E-state index contributed by atoms with van der Waals surface area (Å²) in [7, 11) is 0. The zero-order valence-corrected chi connectivity index (χ0v) is 9.59. The zero-order valence-electron chi connectivity index (χ0n) is 9.59. The fraction of sp³-hybridized carbons (Fsp3) is 0.909. The van der Waals surface area contributed by atoms with Crippen LogP contribution in [0.25, 0.3) is 0 Å². The third kappa shape index (κ3) is 6.75. The van der Waals surface area contributed by atoms with Gasteiger partial charge in [-0.05, 0) is 12.8 Å². The molecule has 0 atom stereocenters. The normalized spacial score (nSPS) is 10.1. The molecule has 0 bridgehead atoms. The highest BCUT2D eigenvalue weighted by atomic mass is 16.2. The number of carbonyl (C=O) groups excluding carboxylic acids is 1. The molecule has 2 amide bonds. The first kappa shape index (κ1) is 13.3. The molecule has 0 saturated carbocycles. The van der Waals surface area contributed by atoms with E-state index in [4.69, 9.17) is 5.73 Å². The van der Waals surface area contributed by atoms with E-state index in [-0.39, 0.29) is 6.03 Å². The van der Waals surface area contributed by atoms with E-state index in [1.807, 2.05) is 0 Å². The van der Waals surface area contributed by atoms with E-state index in [0.29, 0.717) is 0 Å². The summed E-state index contributed by atoms with van der Waals surface area (Å²) >= 11 is 0. The summed E-state index contributed by atoms with van der Waals surface area (Å²) in [5, 5.41) is 0. The van der Waals surface area contributed by atoms with Gasteiger partial charge in [-0.2, -0.15) is 0 Å². The minimum absolute atomic E-state index is 0.269. The molecule has 0 radical (unpaired) electrons. The molecule has 0 aliphatic heterocycles. The van der Waals surface area contributed by atoms with Crippen LogP contribution in [0, 0.1) is 0 Å². The van der Waals surface area contributed by atoms with Crippen molar-refractivity contribution in [1.82, 2.24) is 4.90 Å². The molecule has 0 heterocycles. The third-order valence-corrected chi connectivity index (χ3v) is 2.37. The molecule has 0 rings (SSSR count). The van der Waals surface area contributed by atoms with Gasteiger partial charge in [-0.1, -0.05) is 39.5 Å². The van der Waals surface area contributed by atoms with Gasteiger partial charge in [0, 0.05) is 13.1 Å². The average Bonchev–Trinajstić information content (AvgIpc) is 2.16. The molecule has 0 fully saturated rings. The molecule has 2 N–H and O–H groups in total. The van der Waals surface area contributed by atoms with Crippen LogP contribution in [0.2, 0.25) is 0 Å². The number of nitrogens with two attached hydrogens (primary N) is 1. The van der Waals surface area contributed by atoms with E-state index in [9.17, 15) is 4.79 Å². The average molecular weight is 200 g/mol. The van der Waals surface area contributed by atoms with Crippen LogP contribution in [0.15, 0.2) is 0 Å². The smallest absolute Gasteiger partial charge is 0.314 e. The maximum absolute atomic E-state index is 11.0. The standard InChI is InChI=1S/C11H24N2O/c1-3-5-7-8-10-13(11(12)14)9-6-4-2/h3-10H2,1-2H3,(H2,12,14). The van der Waals surface area contributed by atoms with Gasteiger partial charge in [-0.15, -0.1) is 0 Å². The number of urea groups is 1. The van der Waals surface area contributed by atoms with E-state index in [0.717, 1.165) is 32.4 Å². The Balaban J connectivity index is 3.57. The Kier molecular flexibility index (Phi) is 8.39. The number of unbranched alkanes of at least 4 members (excludes halogenated alkanes) is 4. The molecule has 0 spiro atoms. The van der Waals surface area contributed by atoms with E-state index >= 15 is 0 Å². The molecule has 3 nitrogen and oxygen atoms in total. The largest absolute Gasteiger partial charge is 0.351 e. The Morgan fingerprint density at radius 3 is 2.07 bits per heavy atom.